The summed E-state index contributed by atoms with van der Waals surface area (Å²) < 4.78 is 6.66. The van der Waals surface area contributed by atoms with Gasteiger partial charge in [0.25, 0.3) is 0 Å². The Morgan fingerprint density at radius 3 is 2.71 bits per heavy atom. The third kappa shape index (κ3) is 4.36. The lowest BCUT2D eigenvalue weighted by Crippen LogP contribution is -2.19. The van der Waals surface area contributed by atoms with Crippen LogP contribution in [0.15, 0.2) is 42.7 Å². The topological polar surface area (TPSA) is 85.6 Å². The number of amides is 1. The summed E-state index contributed by atoms with van der Waals surface area (Å²) in [7, 11) is 0. The molecule has 0 radical (unpaired) electrons. The molecule has 7 heteroatoms. The number of anilines is 1. The first-order chi connectivity index (χ1) is 13.3. The van der Waals surface area contributed by atoms with Gasteiger partial charge in [0, 0.05) is 23.9 Å². The van der Waals surface area contributed by atoms with E-state index in [-0.39, 0.29) is 17.9 Å². The zero-order valence-corrected chi connectivity index (χ0v) is 16.5. The molecule has 0 fully saturated rings. The summed E-state index contributed by atoms with van der Waals surface area (Å²) in [5.74, 6) is -0.487. The van der Waals surface area contributed by atoms with Crippen molar-refractivity contribution in [2.45, 2.75) is 34.1 Å². The lowest BCUT2D eigenvalue weighted by Gasteiger charge is -2.17. The van der Waals surface area contributed by atoms with E-state index >= 15 is 0 Å². The molecule has 146 valence electrons. The van der Waals surface area contributed by atoms with Crippen molar-refractivity contribution >= 4 is 23.2 Å². The molecule has 0 spiro atoms. The highest BCUT2D eigenvalue weighted by molar-refractivity contribution is 5.96. The fourth-order valence-electron chi connectivity index (χ4n) is 2.91. The predicted molar refractivity (Wildman–Crippen MR) is 107 cm³/mol. The van der Waals surface area contributed by atoms with Gasteiger partial charge in [-0.2, -0.15) is 5.10 Å². The summed E-state index contributed by atoms with van der Waals surface area (Å²) in [4.78, 5) is 28.6. The zero-order chi connectivity index (χ0) is 20.3. The highest BCUT2D eigenvalue weighted by Crippen LogP contribution is 2.25. The van der Waals surface area contributed by atoms with E-state index in [0.29, 0.717) is 23.3 Å². The standard InChI is InChI=1S/C21H24N4O3/c1-5-28-20(27)16-13-23-25-17(9-10-22-19(16)25)14-7-6-8-15(11-14)24-18(26)12-21(2,3)4/h6-11,13H,5,12H2,1-4H3,(H,24,26). The summed E-state index contributed by atoms with van der Waals surface area (Å²) in [6, 6.07) is 9.31. The van der Waals surface area contributed by atoms with Gasteiger partial charge in [-0.25, -0.2) is 14.3 Å². The van der Waals surface area contributed by atoms with Crippen LogP contribution in [0.2, 0.25) is 0 Å². The van der Waals surface area contributed by atoms with Crippen LogP contribution in [0, 0.1) is 5.41 Å². The van der Waals surface area contributed by atoms with Crippen LogP contribution in [0.3, 0.4) is 0 Å². The summed E-state index contributed by atoms with van der Waals surface area (Å²) in [6.45, 7) is 8.11. The Kier molecular flexibility index (Phi) is 5.44. The lowest BCUT2D eigenvalue weighted by molar-refractivity contribution is -0.117. The number of benzene rings is 1. The molecule has 1 amide bonds. The molecule has 0 unspecified atom stereocenters. The fraction of sp³-hybridized carbons (Fsp3) is 0.333. The van der Waals surface area contributed by atoms with Crippen LogP contribution in [0.1, 0.15) is 44.5 Å². The third-order valence-electron chi connectivity index (χ3n) is 4.03. The highest BCUT2D eigenvalue weighted by atomic mass is 16.5. The number of aromatic nitrogens is 3. The van der Waals surface area contributed by atoms with Crippen LogP contribution in [-0.4, -0.2) is 33.1 Å². The molecule has 0 saturated heterocycles. The van der Waals surface area contributed by atoms with Crippen molar-refractivity contribution in [1.82, 2.24) is 14.6 Å². The Hall–Kier alpha value is -3.22. The summed E-state index contributed by atoms with van der Waals surface area (Å²) in [5.41, 5.74) is 2.97. The van der Waals surface area contributed by atoms with E-state index in [1.165, 1.54) is 6.20 Å². The highest BCUT2D eigenvalue weighted by Gasteiger charge is 2.18. The SMILES string of the molecule is CCOC(=O)c1cnn2c(-c3cccc(NC(=O)CC(C)(C)C)c3)ccnc12. The van der Waals surface area contributed by atoms with Gasteiger partial charge < -0.3 is 10.1 Å². The molecule has 0 atom stereocenters. The molecule has 0 bridgehead atoms. The second kappa shape index (κ2) is 7.80. The number of ether oxygens (including phenoxy) is 1. The van der Waals surface area contributed by atoms with E-state index in [1.54, 1.807) is 17.6 Å². The average molecular weight is 380 g/mol. The number of fused-ring (bicyclic) bond motifs is 1. The molecular weight excluding hydrogens is 356 g/mol. The third-order valence-corrected chi connectivity index (χ3v) is 4.03. The Bertz CT molecular complexity index is 1020. The van der Waals surface area contributed by atoms with Gasteiger partial charge in [0.1, 0.15) is 5.56 Å². The number of hydrogen-bond donors (Lipinski definition) is 1. The molecule has 2 aromatic heterocycles. The van der Waals surface area contributed by atoms with Gasteiger partial charge >= 0.3 is 5.97 Å². The number of nitrogens with one attached hydrogen (secondary N) is 1. The number of hydrogen-bond acceptors (Lipinski definition) is 5. The predicted octanol–water partition coefficient (Wildman–Crippen LogP) is 3.95. The number of nitrogens with zero attached hydrogens (tertiary/aromatic N) is 3. The van der Waals surface area contributed by atoms with Crippen LogP contribution < -0.4 is 5.32 Å². The molecule has 3 aromatic rings. The van der Waals surface area contributed by atoms with Crippen LogP contribution in [0.4, 0.5) is 5.69 Å². The van der Waals surface area contributed by atoms with Crippen LogP contribution in [-0.2, 0) is 9.53 Å². The van der Waals surface area contributed by atoms with Crippen LogP contribution >= 0.6 is 0 Å². The monoisotopic (exact) mass is 380 g/mol. The van der Waals surface area contributed by atoms with Gasteiger partial charge in [0.15, 0.2) is 5.65 Å². The van der Waals surface area contributed by atoms with Crippen molar-refractivity contribution in [3.8, 4) is 11.3 Å². The first kappa shape index (κ1) is 19.5. The van der Waals surface area contributed by atoms with E-state index < -0.39 is 5.97 Å². The van der Waals surface area contributed by atoms with Crippen molar-refractivity contribution in [2.75, 3.05) is 11.9 Å². The van der Waals surface area contributed by atoms with Crippen molar-refractivity contribution in [1.29, 1.82) is 0 Å². The molecule has 28 heavy (non-hydrogen) atoms. The van der Waals surface area contributed by atoms with E-state index in [4.69, 9.17) is 4.74 Å². The first-order valence-electron chi connectivity index (χ1n) is 9.18. The van der Waals surface area contributed by atoms with Gasteiger partial charge in [-0.05, 0) is 30.5 Å². The van der Waals surface area contributed by atoms with Crippen molar-refractivity contribution in [2.24, 2.45) is 5.41 Å². The molecule has 1 N–H and O–H groups in total. The van der Waals surface area contributed by atoms with Crippen LogP contribution in [0.5, 0.6) is 0 Å². The van der Waals surface area contributed by atoms with E-state index in [2.05, 4.69) is 15.4 Å². The maximum Gasteiger partial charge on any atom is 0.343 e. The smallest absolute Gasteiger partial charge is 0.343 e. The van der Waals surface area contributed by atoms with E-state index in [9.17, 15) is 9.59 Å². The summed E-state index contributed by atoms with van der Waals surface area (Å²) >= 11 is 0. The molecule has 0 aliphatic heterocycles. The normalized spacial score (nSPS) is 11.4. The number of esters is 1. The minimum atomic E-state index is -0.453. The average Bonchev–Trinajstić information content (AvgIpc) is 3.04. The minimum absolute atomic E-state index is 0.0341. The molecule has 1 aromatic carbocycles. The first-order valence-corrected chi connectivity index (χ1v) is 9.18. The molecular formula is C21H24N4O3. The molecule has 3 rings (SSSR count). The second-order valence-corrected chi connectivity index (χ2v) is 7.71. The van der Waals surface area contributed by atoms with Gasteiger partial charge in [-0.15, -0.1) is 0 Å². The Morgan fingerprint density at radius 1 is 1.21 bits per heavy atom. The maximum absolute atomic E-state index is 12.2. The van der Waals surface area contributed by atoms with Crippen molar-refractivity contribution < 1.29 is 14.3 Å². The Balaban J connectivity index is 1.93. The molecule has 0 saturated carbocycles. The van der Waals surface area contributed by atoms with Crippen LogP contribution in [0.25, 0.3) is 16.9 Å². The zero-order valence-electron chi connectivity index (χ0n) is 16.5. The quantitative estimate of drug-likeness (QED) is 0.678. The molecule has 7 nitrogen and oxygen atoms in total. The van der Waals surface area contributed by atoms with Gasteiger partial charge in [0.2, 0.25) is 5.91 Å². The Labute approximate surface area is 163 Å². The van der Waals surface area contributed by atoms with Crippen molar-refractivity contribution in [3.05, 3.63) is 48.3 Å². The summed E-state index contributed by atoms with van der Waals surface area (Å²) in [5, 5.41) is 7.24. The number of rotatable bonds is 5. The van der Waals surface area contributed by atoms with Gasteiger partial charge in [0.05, 0.1) is 18.5 Å². The number of carbonyl (C=O) groups is 2. The number of carbonyl (C=O) groups excluding carboxylic acids is 2. The Morgan fingerprint density at radius 2 is 2.00 bits per heavy atom. The van der Waals surface area contributed by atoms with E-state index in [0.717, 1.165) is 11.3 Å². The lowest BCUT2D eigenvalue weighted by atomic mass is 9.92. The fourth-order valence-corrected chi connectivity index (χ4v) is 2.91. The molecule has 0 aliphatic carbocycles. The molecule has 0 aliphatic rings. The van der Waals surface area contributed by atoms with Gasteiger partial charge in [-0.3, -0.25) is 4.79 Å². The van der Waals surface area contributed by atoms with E-state index in [1.807, 2.05) is 51.1 Å². The molecule has 2 heterocycles. The minimum Gasteiger partial charge on any atom is -0.462 e. The summed E-state index contributed by atoms with van der Waals surface area (Å²) in [6.07, 6.45) is 3.51. The van der Waals surface area contributed by atoms with Crippen molar-refractivity contribution in [3.63, 3.8) is 0 Å². The maximum atomic E-state index is 12.2. The largest absolute Gasteiger partial charge is 0.462 e. The second-order valence-electron chi connectivity index (χ2n) is 7.71. The van der Waals surface area contributed by atoms with Gasteiger partial charge in [-0.1, -0.05) is 32.9 Å².